The number of rotatable bonds is 5. The maximum absolute atomic E-state index is 13.4. The lowest BCUT2D eigenvalue weighted by Gasteiger charge is -2.47. The smallest absolute Gasteiger partial charge is 0.448 e. The molecule has 6 rings (SSSR count). The van der Waals surface area contributed by atoms with Crippen molar-refractivity contribution in [2.75, 3.05) is 19.8 Å². The van der Waals surface area contributed by atoms with Crippen LogP contribution in [0.15, 0.2) is 48.5 Å². The number of hydrogen-bond acceptors (Lipinski definition) is 6. The van der Waals surface area contributed by atoms with Crippen LogP contribution in [0.2, 0.25) is 6.32 Å². The second-order valence-electron chi connectivity index (χ2n) is 12.1. The zero-order valence-electron chi connectivity index (χ0n) is 22.6. The molecule has 8 heteroatoms. The number of piperidine rings is 1. The Morgan fingerprint density at radius 3 is 1.97 bits per heavy atom. The van der Waals surface area contributed by atoms with Gasteiger partial charge < -0.3 is 18.8 Å². The summed E-state index contributed by atoms with van der Waals surface area (Å²) in [6, 6.07) is 16.3. The maximum atomic E-state index is 13.4. The first kappa shape index (κ1) is 25.6. The van der Waals surface area contributed by atoms with Gasteiger partial charge in [-0.15, -0.1) is 0 Å². The number of Topliss-reactive ketones (excluding diaryl/α,β-unsaturated/α-hetero) is 1. The summed E-state index contributed by atoms with van der Waals surface area (Å²) in [4.78, 5) is 28.5. The molecule has 200 valence electrons. The number of amides is 1. The Labute approximate surface area is 224 Å². The zero-order valence-corrected chi connectivity index (χ0v) is 22.6. The van der Waals surface area contributed by atoms with Gasteiger partial charge in [0.05, 0.1) is 36.5 Å². The highest BCUT2D eigenvalue weighted by Crippen LogP contribution is 2.45. The average molecular weight is 517 g/mol. The van der Waals surface area contributed by atoms with Crippen LogP contribution < -0.4 is 0 Å². The van der Waals surface area contributed by atoms with Crippen molar-refractivity contribution < 1.29 is 28.4 Å². The van der Waals surface area contributed by atoms with Crippen LogP contribution in [0.5, 0.6) is 0 Å². The molecule has 0 N–H and O–H groups in total. The molecule has 0 spiro atoms. The predicted molar refractivity (Wildman–Crippen MR) is 144 cm³/mol. The maximum Gasteiger partial charge on any atom is 0.465 e. The van der Waals surface area contributed by atoms with Gasteiger partial charge in [0.1, 0.15) is 12.4 Å². The van der Waals surface area contributed by atoms with Crippen molar-refractivity contribution in [1.82, 2.24) is 4.90 Å². The number of morpholine rings is 1. The molecule has 7 nitrogen and oxygen atoms in total. The van der Waals surface area contributed by atoms with Gasteiger partial charge in [0.2, 0.25) is 0 Å². The van der Waals surface area contributed by atoms with E-state index in [2.05, 4.69) is 24.3 Å². The van der Waals surface area contributed by atoms with E-state index in [4.69, 9.17) is 18.8 Å². The highest BCUT2D eigenvalue weighted by molar-refractivity contribution is 6.50. The zero-order chi connectivity index (χ0) is 26.7. The van der Waals surface area contributed by atoms with Gasteiger partial charge in [0, 0.05) is 18.2 Å². The Bertz CT molecular complexity index is 1170. The molecule has 4 aliphatic rings. The highest BCUT2D eigenvalue weighted by Gasteiger charge is 2.52. The van der Waals surface area contributed by atoms with Crippen molar-refractivity contribution in [2.24, 2.45) is 5.92 Å². The number of benzene rings is 2. The second kappa shape index (κ2) is 9.51. The van der Waals surface area contributed by atoms with Crippen molar-refractivity contribution in [3.8, 4) is 11.1 Å². The third kappa shape index (κ3) is 4.36. The van der Waals surface area contributed by atoms with Crippen molar-refractivity contribution in [2.45, 2.75) is 76.1 Å². The molecular formula is C30H36BNO6. The summed E-state index contributed by atoms with van der Waals surface area (Å²) in [6.07, 6.45) is 1.04. The minimum absolute atomic E-state index is 0.0153. The molecule has 0 radical (unpaired) electrons. The molecule has 0 saturated carbocycles. The summed E-state index contributed by atoms with van der Waals surface area (Å²) in [5.41, 5.74) is 3.87. The van der Waals surface area contributed by atoms with Gasteiger partial charge in [-0.25, -0.2) is 4.79 Å². The summed E-state index contributed by atoms with van der Waals surface area (Å²) in [6.45, 7) is 9.09. The van der Waals surface area contributed by atoms with Crippen LogP contribution in [0.4, 0.5) is 4.79 Å². The summed E-state index contributed by atoms with van der Waals surface area (Å²) >= 11 is 0. The van der Waals surface area contributed by atoms with Gasteiger partial charge in [0.25, 0.3) is 0 Å². The molecule has 3 aliphatic heterocycles. The first-order valence-corrected chi connectivity index (χ1v) is 13.7. The molecule has 3 heterocycles. The summed E-state index contributed by atoms with van der Waals surface area (Å²) in [5, 5.41) is 0. The van der Waals surface area contributed by atoms with Crippen LogP contribution in [-0.2, 0) is 23.6 Å². The largest absolute Gasteiger partial charge is 0.465 e. The van der Waals surface area contributed by atoms with Crippen molar-refractivity contribution >= 4 is 19.0 Å². The fourth-order valence-electron chi connectivity index (χ4n) is 6.52. The van der Waals surface area contributed by atoms with Crippen LogP contribution in [0.25, 0.3) is 11.1 Å². The van der Waals surface area contributed by atoms with Crippen molar-refractivity contribution in [3.05, 3.63) is 59.7 Å². The van der Waals surface area contributed by atoms with Gasteiger partial charge in [-0.2, -0.15) is 0 Å². The van der Waals surface area contributed by atoms with Crippen LogP contribution in [-0.4, -0.2) is 67.0 Å². The minimum atomic E-state index is -0.538. The molecule has 2 atom stereocenters. The molecule has 3 fully saturated rings. The second-order valence-corrected chi connectivity index (χ2v) is 12.1. The molecule has 2 unspecified atom stereocenters. The van der Waals surface area contributed by atoms with Crippen molar-refractivity contribution in [1.29, 1.82) is 0 Å². The first-order valence-electron chi connectivity index (χ1n) is 13.7. The molecule has 1 amide bonds. The molecule has 2 aromatic carbocycles. The van der Waals surface area contributed by atoms with Crippen LogP contribution >= 0.6 is 0 Å². The molecule has 2 aromatic rings. The summed E-state index contributed by atoms with van der Waals surface area (Å²) < 4.78 is 23.9. The monoisotopic (exact) mass is 517 g/mol. The molecule has 2 bridgehead atoms. The lowest BCUT2D eigenvalue weighted by Crippen LogP contribution is -2.60. The Morgan fingerprint density at radius 1 is 0.895 bits per heavy atom. The van der Waals surface area contributed by atoms with Gasteiger partial charge in [-0.05, 0) is 62.8 Å². The number of ketones is 1. The quantitative estimate of drug-likeness (QED) is 0.516. The van der Waals surface area contributed by atoms with E-state index in [9.17, 15) is 9.59 Å². The third-order valence-electron chi connectivity index (χ3n) is 9.19. The lowest BCUT2D eigenvalue weighted by atomic mass is 9.74. The fourth-order valence-corrected chi connectivity index (χ4v) is 6.52. The lowest BCUT2D eigenvalue weighted by molar-refractivity contribution is -0.129. The number of hydrogen-bond donors (Lipinski definition) is 0. The third-order valence-corrected chi connectivity index (χ3v) is 9.19. The van der Waals surface area contributed by atoms with E-state index < -0.39 is 18.3 Å². The Kier molecular flexibility index (Phi) is 6.40. The Morgan fingerprint density at radius 2 is 1.42 bits per heavy atom. The molecule has 0 aromatic heterocycles. The normalized spacial score (nSPS) is 27.1. The number of fused-ring (bicyclic) bond motifs is 5. The van der Waals surface area contributed by atoms with Crippen LogP contribution in [0, 0.1) is 5.92 Å². The number of ether oxygens (including phenoxy) is 2. The SMILES string of the molecule is CC1(C)OB(CC(=O)C2CC3COCC(C2)N3C(=O)OCC2c3ccccc3-c3ccccc32)OC1(C)C. The van der Waals surface area contributed by atoms with E-state index in [0.717, 1.165) is 0 Å². The number of nitrogens with zero attached hydrogens (tertiary/aromatic N) is 1. The number of carbonyl (C=O) groups excluding carboxylic acids is 2. The average Bonchev–Trinajstić information content (AvgIpc) is 3.30. The standard InChI is InChI=1S/C30H36BNO6/c1-29(2)30(3,4)38-31(37-29)15-27(33)19-13-20-16-35-17-21(14-19)32(20)28(34)36-18-26-24-11-7-5-9-22(24)23-10-6-8-12-25(23)26/h5-12,19-21,26H,13-18H2,1-4H3. The van der Waals surface area contributed by atoms with Gasteiger partial charge in [0.15, 0.2) is 0 Å². The van der Waals surface area contributed by atoms with E-state index in [0.29, 0.717) is 26.1 Å². The minimum Gasteiger partial charge on any atom is -0.448 e. The van der Waals surface area contributed by atoms with E-state index in [-0.39, 0.29) is 48.7 Å². The van der Waals surface area contributed by atoms with Crippen LogP contribution in [0.3, 0.4) is 0 Å². The fraction of sp³-hybridized carbons (Fsp3) is 0.533. The highest BCUT2D eigenvalue weighted by atomic mass is 16.7. The van der Waals surface area contributed by atoms with Gasteiger partial charge in [-0.3, -0.25) is 9.69 Å². The molecule has 1 aliphatic carbocycles. The van der Waals surface area contributed by atoms with Crippen LogP contribution in [0.1, 0.15) is 57.6 Å². The van der Waals surface area contributed by atoms with Crippen molar-refractivity contribution in [3.63, 3.8) is 0 Å². The molecule has 38 heavy (non-hydrogen) atoms. The van der Waals surface area contributed by atoms with Gasteiger partial charge >= 0.3 is 13.2 Å². The number of carbonyl (C=O) groups is 2. The van der Waals surface area contributed by atoms with E-state index >= 15 is 0 Å². The summed E-state index contributed by atoms with van der Waals surface area (Å²) in [7, 11) is -0.538. The Balaban J connectivity index is 1.10. The Hall–Kier alpha value is -2.68. The summed E-state index contributed by atoms with van der Waals surface area (Å²) in [5.74, 6) is -0.000354. The molecular weight excluding hydrogens is 481 g/mol. The van der Waals surface area contributed by atoms with Gasteiger partial charge in [-0.1, -0.05) is 48.5 Å². The van der Waals surface area contributed by atoms with E-state index in [1.165, 1.54) is 22.3 Å². The van der Waals surface area contributed by atoms with E-state index in [1.807, 2.05) is 56.9 Å². The first-order chi connectivity index (χ1) is 18.1. The van der Waals surface area contributed by atoms with E-state index in [1.54, 1.807) is 0 Å². The topological polar surface area (TPSA) is 74.3 Å². The predicted octanol–water partition coefficient (Wildman–Crippen LogP) is 5.08. The molecule has 3 saturated heterocycles.